The summed E-state index contributed by atoms with van der Waals surface area (Å²) in [6.45, 7) is 7.27. The molecule has 32 heavy (non-hydrogen) atoms. The lowest BCUT2D eigenvalue weighted by Crippen LogP contribution is -2.40. The average molecular weight is 444 g/mol. The SMILES string of the molecule is Cc1c(C(NC(=O)Nc2cnc(C3CC(C)(O)C3)nc2)C(C)C)oc2c(F)cc(F)cc12. The Balaban J connectivity index is 1.48. The van der Waals surface area contributed by atoms with Gasteiger partial charge in [0.05, 0.1) is 29.7 Å². The van der Waals surface area contributed by atoms with Gasteiger partial charge in [0.25, 0.3) is 0 Å². The van der Waals surface area contributed by atoms with Crippen LogP contribution >= 0.6 is 0 Å². The summed E-state index contributed by atoms with van der Waals surface area (Å²) in [6.07, 6.45) is 4.25. The normalized spacial score (nSPS) is 21.4. The topological polar surface area (TPSA) is 100 Å². The summed E-state index contributed by atoms with van der Waals surface area (Å²) >= 11 is 0. The zero-order valence-electron chi connectivity index (χ0n) is 18.4. The molecule has 3 N–H and O–H groups in total. The van der Waals surface area contributed by atoms with Crippen LogP contribution in [0.1, 0.15) is 62.7 Å². The molecule has 1 saturated carbocycles. The molecule has 2 amide bonds. The van der Waals surface area contributed by atoms with Gasteiger partial charge in [-0.2, -0.15) is 0 Å². The van der Waals surface area contributed by atoms with Crippen molar-refractivity contribution in [1.29, 1.82) is 0 Å². The van der Waals surface area contributed by atoms with Gasteiger partial charge in [-0.25, -0.2) is 23.5 Å². The van der Waals surface area contributed by atoms with Crippen molar-refractivity contribution < 1.29 is 23.1 Å². The van der Waals surface area contributed by atoms with E-state index in [2.05, 4.69) is 20.6 Å². The van der Waals surface area contributed by atoms with Crippen LogP contribution in [0.3, 0.4) is 0 Å². The molecule has 0 radical (unpaired) electrons. The summed E-state index contributed by atoms with van der Waals surface area (Å²) in [4.78, 5) is 21.2. The maximum Gasteiger partial charge on any atom is 0.319 e. The molecule has 1 fully saturated rings. The van der Waals surface area contributed by atoms with Crippen LogP contribution in [-0.4, -0.2) is 26.7 Å². The van der Waals surface area contributed by atoms with E-state index in [1.165, 1.54) is 18.5 Å². The summed E-state index contributed by atoms with van der Waals surface area (Å²) in [5, 5.41) is 15.7. The number of aryl methyl sites for hydroxylation is 1. The first-order valence-electron chi connectivity index (χ1n) is 10.5. The molecule has 1 atom stereocenters. The van der Waals surface area contributed by atoms with E-state index in [4.69, 9.17) is 4.42 Å². The fraction of sp³-hybridized carbons (Fsp3) is 0.435. The average Bonchev–Trinajstić information content (AvgIpc) is 3.01. The highest BCUT2D eigenvalue weighted by atomic mass is 19.1. The minimum atomic E-state index is -0.786. The van der Waals surface area contributed by atoms with Crippen LogP contribution in [0.5, 0.6) is 0 Å². The van der Waals surface area contributed by atoms with Gasteiger partial charge in [0, 0.05) is 22.9 Å². The van der Waals surface area contributed by atoms with Crippen LogP contribution in [0.2, 0.25) is 0 Å². The maximum atomic E-state index is 14.2. The number of nitrogens with one attached hydrogen (secondary N) is 2. The van der Waals surface area contributed by atoms with Gasteiger partial charge in [-0.1, -0.05) is 13.8 Å². The molecule has 0 aliphatic heterocycles. The fourth-order valence-electron chi connectivity index (χ4n) is 4.20. The van der Waals surface area contributed by atoms with Gasteiger partial charge in [-0.15, -0.1) is 0 Å². The summed E-state index contributed by atoms with van der Waals surface area (Å²) < 4.78 is 33.5. The first kappa shape index (κ1) is 22.1. The largest absolute Gasteiger partial charge is 0.455 e. The second-order valence-electron chi connectivity index (χ2n) is 9.11. The molecule has 170 valence electrons. The van der Waals surface area contributed by atoms with Gasteiger partial charge in [-0.3, -0.25) is 0 Å². The van der Waals surface area contributed by atoms with Crippen molar-refractivity contribution in [3.8, 4) is 0 Å². The lowest BCUT2D eigenvalue weighted by atomic mass is 9.72. The molecule has 2 aromatic heterocycles. The van der Waals surface area contributed by atoms with Crippen LogP contribution < -0.4 is 10.6 Å². The number of aliphatic hydroxyl groups is 1. The van der Waals surface area contributed by atoms with Crippen LogP contribution in [0.4, 0.5) is 19.3 Å². The molecule has 3 aromatic rings. The van der Waals surface area contributed by atoms with Crippen LogP contribution in [0.15, 0.2) is 28.9 Å². The van der Waals surface area contributed by atoms with Crippen molar-refractivity contribution in [2.45, 2.75) is 58.1 Å². The predicted molar refractivity (Wildman–Crippen MR) is 115 cm³/mol. The maximum absolute atomic E-state index is 14.2. The van der Waals surface area contributed by atoms with E-state index in [1.54, 1.807) is 13.8 Å². The van der Waals surface area contributed by atoms with E-state index in [0.29, 0.717) is 41.1 Å². The van der Waals surface area contributed by atoms with Crippen molar-refractivity contribution >= 4 is 22.7 Å². The monoisotopic (exact) mass is 444 g/mol. The third-order valence-electron chi connectivity index (χ3n) is 5.90. The van der Waals surface area contributed by atoms with Gasteiger partial charge in [-0.05, 0) is 38.7 Å². The van der Waals surface area contributed by atoms with E-state index in [1.807, 2.05) is 13.8 Å². The lowest BCUT2D eigenvalue weighted by Gasteiger charge is -2.39. The third kappa shape index (κ3) is 4.29. The van der Waals surface area contributed by atoms with Gasteiger partial charge < -0.3 is 20.2 Å². The summed E-state index contributed by atoms with van der Waals surface area (Å²) in [6, 6.07) is 0.923. The van der Waals surface area contributed by atoms with E-state index in [0.717, 1.165) is 6.07 Å². The zero-order valence-corrected chi connectivity index (χ0v) is 18.4. The first-order valence-corrected chi connectivity index (χ1v) is 10.5. The second kappa shape index (κ2) is 8.12. The molecule has 1 aromatic carbocycles. The lowest BCUT2D eigenvalue weighted by molar-refractivity contribution is -0.0334. The van der Waals surface area contributed by atoms with Crippen LogP contribution in [0.25, 0.3) is 11.0 Å². The zero-order chi connectivity index (χ0) is 23.2. The molecule has 1 unspecified atom stereocenters. The number of nitrogens with zero attached hydrogens (tertiary/aromatic N) is 2. The number of hydrogen-bond acceptors (Lipinski definition) is 5. The number of carbonyl (C=O) groups excluding carboxylic acids is 1. The van der Waals surface area contributed by atoms with Gasteiger partial charge >= 0.3 is 6.03 Å². The molecule has 0 spiro atoms. The molecule has 7 nitrogen and oxygen atoms in total. The Kier molecular flexibility index (Phi) is 5.62. The van der Waals surface area contributed by atoms with Crippen molar-refractivity contribution in [2.75, 3.05) is 5.32 Å². The van der Waals surface area contributed by atoms with Gasteiger partial charge in [0.15, 0.2) is 11.4 Å². The molecule has 2 heterocycles. The number of hydrogen-bond donors (Lipinski definition) is 3. The quantitative estimate of drug-likeness (QED) is 0.517. The molecular formula is C23H26F2N4O3. The minimum absolute atomic E-state index is 0.0364. The molecule has 1 aliphatic rings. The number of carbonyl (C=O) groups is 1. The smallest absolute Gasteiger partial charge is 0.319 e. The van der Waals surface area contributed by atoms with Gasteiger partial charge in [0.1, 0.15) is 17.4 Å². The predicted octanol–water partition coefficient (Wildman–Crippen LogP) is 4.96. The standard InChI is InChI=1S/C23H26F2N4O3/c1-11(2)18(19-12(3)16-5-14(24)6-17(25)20(16)32-19)29-22(30)28-15-9-26-21(27-10-15)13-7-23(4,31)8-13/h5-6,9-11,13,18,31H,7-8H2,1-4H3,(H2,28,29,30). The number of urea groups is 1. The molecule has 1 aliphatic carbocycles. The number of amides is 2. The number of furan rings is 1. The highest BCUT2D eigenvalue weighted by Crippen LogP contribution is 2.42. The molecule has 9 heteroatoms. The van der Waals surface area contributed by atoms with Crippen LogP contribution in [0, 0.1) is 24.5 Å². The Morgan fingerprint density at radius 3 is 2.50 bits per heavy atom. The second-order valence-corrected chi connectivity index (χ2v) is 9.11. The summed E-state index contributed by atoms with van der Waals surface area (Å²) in [5.74, 6) is -0.442. The highest BCUT2D eigenvalue weighted by Gasteiger charge is 2.40. The molecule has 0 saturated heterocycles. The molecular weight excluding hydrogens is 418 g/mol. The summed E-state index contributed by atoms with van der Waals surface area (Å²) in [7, 11) is 0. The fourth-order valence-corrected chi connectivity index (χ4v) is 4.20. The number of benzene rings is 1. The molecule has 0 bridgehead atoms. The molecule has 4 rings (SSSR count). The van der Waals surface area contributed by atoms with Crippen molar-refractivity contribution in [1.82, 2.24) is 15.3 Å². The van der Waals surface area contributed by atoms with E-state index in [-0.39, 0.29) is 17.4 Å². The van der Waals surface area contributed by atoms with E-state index >= 15 is 0 Å². The number of rotatable bonds is 5. The Hall–Kier alpha value is -3.07. The Bertz CT molecular complexity index is 1150. The number of fused-ring (bicyclic) bond motifs is 1. The van der Waals surface area contributed by atoms with Crippen molar-refractivity contribution in [3.05, 3.63) is 53.3 Å². The minimum Gasteiger partial charge on any atom is -0.455 e. The Morgan fingerprint density at radius 1 is 1.25 bits per heavy atom. The number of anilines is 1. The van der Waals surface area contributed by atoms with Crippen LogP contribution in [-0.2, 0) is 0 Å². The Morgan fingerprint density at radius 2 is 1.91 bits per heavy atom. The summed E-state index contributed by atoms with van der Waals surface area (Å²) in [5.41, 5.74) is 0.279. The highest BCUT2D eigenvalue weighted by molar-refractivity contribution is 5.89. The third-order valence-corrected chi connectivity index (χ3v) is 5.90. The number of halogens is 2. The Labute approximate surface area is 184 Å². The van der Waals surface area contributed by atoms with Gasteiger partial charge in [0.2, 0.25) is 0 Å². The number of aromatic nitrogens is 2. The van der Waals surface area contributed by atoms with Crippen molar-refractivity contribution in [3.63, 3.8) is 0 Å². The first-order chi connectivity index (χ1) is 15.0. The van der Waals surface area contributed by atoms with E-state index in [9.17, 15) is 18.7 Å². The van der Waals surface area contributed by atoms with Crippen molar-refractivity contribution in [2.24, 2.45) is 5.92 Å². The van der Waals surface area contributed by atoms with E-state index < -0.39 is 29.3 Å².